The van der Waals surface area contributed by atoms with Gasteiger partial charge < -0.3 is 14.8 Å². The van der Waals surface area contributed by atoms with Gasteiger partial charge in [0.1, 0.15) is 0 Å². The van der Waals surface area contributed by atoms with Crippen LogP contribution in [0, 0.1) is 17.8 Å². The lowest BCUT2D eigenvalue weighted by Gasteiger charge is -2.39. The Bertz CT molecular complexity index is 1220. The molecule has 3 aliphatic rings. The van der Waals surface area contributed by atoms with E-state index in [-0.39, 0.29) is 29.7 Å². The molecule has 34 heavy (non-hydrogen) atoms. The first-order valence-electron chi connectivity index (χ1n) is 12.1. The van der Waals surface area contributed by atoms with Crippen LogP contribution in [0.2, 0.25) is 0 Å². The molecule has 2 saturated carbocycles. The lowest BCUT2D eigenvalue weighted by Crippen LogP contribution is -2.50. The van der Waals surface area contributed by atoms with Crippen LogP contribution in [0.4, 0.5) is 8.78 Å². The van der Waals surface area contributed by atoms with Crippen molar-refractivity contribution in [1.82, 2.24) is 19.4 Å². The van der Waals surface area contributed by atoms with E-state index in [1.54, 1.807) is 24.3 Å². The van der Waals surface area contributed by atoms with E-state index in [0.29, 0.717) is 49.3 Å². The lowest BCUT2D eigenvalue weighted by atomic mass is 9.81. The number of nitrogens with zero attached hydrogens (tertiary/aromatic N) is 3. The number of carbonyl (C=O) groups excluding carboxylic acids is 1. The van der Waals surface area contributed by atoms with Crippen molar-refractivity contribution in [2.45, 2.75) is 44.6 Å². The molecule has 1 aliphatic heterocycles. The van der Waals surface area contributed by atoms with E-state index in [0.717, 1.165) is 25.7 Å². The molecule has 2 heterocycles. The zero-order valence-corrected chi connectivity index (χ0v) is 19.1. The van der Waals surface area contributed by atoms with E-state index >= 15 is 0 Å². The second kappa shape index (κ2) is 8.67. The van der Waals surface area contributed by atoms with Crippen LogP contribution in [-0.2, 0) is 11.3 Å². The maximum atomic E-state index is 13.3. The van der Waals surface area contributed by atoms with E-state index < -0.39 is 17.5 Å². The number of amides is 1. The van der Waals surface area contributed by atoms with E-state index in [4.69, 9.17) is 0 Å². The number of aromatic nitrogens is 2. The Morgan fingerprint density at radius 1 is 1.03 bits per heavy atom. The Hall–Kier alpha value is -2.97. The van der Waals surface area contributed by atoms with Crippen LogP contribution in [0.3, 0.4) is 0 Å². The fraction of sp³-hybridized carbons (Fsp3) is 0.560. The van der Waals surface area contributed by atoms with Gasteiger partial charge in [-0.2, -0.15) is 0 Å². The first kappa shape index (κ1) is 22.8. The highest BCUT2D eigenvalue weighted by Crippen LogP contribution is 2.53. The van der Waals surface area contributed by atoms with E-state index in [9.17, 15) is 23.2 Å². The number of alkyl halides is 2. The van der Waals surface area contributed by atoms with Crippen molar-refractivity contribution < 1.29 is 13.6 Å². The molecule has 9 heteroatoms. The number of nitrogens with one attached hydrogen (secondary N) is 1. The number of hydrogen-bond acceptors (Lipinski definition) is 4. The van der Waals surface area contributed by atoms with Gasteiger partial charge in [0.2, 0.25) is 5.91 Å². The van der Waals surface area contributed by atoms with Crippen molar-refractivity contribution in [3.63, 3.8) is 0 Å². The highest BCUT2D eigenvalue weighted by atomic mass is 19.3. The van der Waals surface area contributed by atoms with Crippen LogP contribution < -0.4 is 11.2 Å². The van der Waals surface area contributed by atoms with Gasteiger partial charge in [-0.05, 0) is 43.7 Å². The van der Waals surface area contributed by atoms with Gasteiger partial charge in [-0.15, -0.1) is 0 Å². The van der Waals surface area contributed by atoms with Gasteiger partial charge in [-0.25, -0.2) is 13.6 Å². The van der Waals surface area contributed by atoms with Crippen molar-refractivity contribution >= 4 is 16.8 Å². The molecule has 7 nitrogen and oxygen atoms in total. The average Bonchev–Trinajstić information content (AvgIpc) is 3.49. The zero-order valence-electron chi connectivity index (χ0n) is 19.1. The van der Waals surface area contributed by atoms with Crippen LogP contribution in [-0.4, -0.2) is 57.4 Å². The molecule has 1 amide bonds. The number of carbonyl (C=O) groups is 1. The number of piperazine rings is 1. The first-order valence-corrected chi connectivity index (χ1v) is 12.1. The van der Waals surface area contributed by atoms with Gasteiger partial charge in [0.25, 0.3) is 11.5 Å². The SMILES string of the molecule is C=C(C1CC1(F)F)N1CCN(C(=O)C2CCC(Cn3c(=O)[nH]c4ccccc4c3=O)CC2)CC1. The molecular formula is C25H30F2N4O3. The second-order valence-corrected chi connectivity index (χ2v) is 9.93. The van der Waals surface area contributed by atoms with Crippen LogP contribution in [0.15, 0.2) is 46.1 Å². The smallest absolute Gasteiger partial charge is 0.328 e. The third kappa shape index (κ3) is 4.28. The number of H-pyrrole nitrogens is 1. The van der Waals surface area contributed by atoms with Gasteiger partial charge in [-0.1, -0.05) is 18.7 Å². The molecule has 3 fully saturated rings. The molecule has 2 aromatic rings. The van der Waals surface area contributed by atoms with Crippen molar-refractivity contribution in [2.75, 3.05) is 26.2 Å². The van der Waals surface area contributed by atoms with Crippen molar-refractivity contribution in [1.29, 1.82) is 0 Å². The van der Waals surface area contributed by atoms with Gasteiger partial charge in [0, 0.05) is 50.8 Å². The van der Waals surface area contributed by atoms with Crippen LogP contribution in [0.25, 0.3) is 10.9 Å². The van der Waals surface area contributed by atoms with E-state index in [1.165, 1.54) is 4.57 Å². The number of fused-ring (bicyclic) bond motifs is 1. The molecule has 182 valence electrons. The first-order chi connectivity index (χ1) is 16.2. The Morgan fingerprint density at radius 3 is 2.29 bits per heavy atom. The summed E-state index contributed by atoms with van der Waals surface area (Å²) in [7, 11) is 0. The molecule has 1 atom stereocenters. The summed E-state index contributed by atoms with van der Waals surface area (Å²) in [5.41, 5.74) is 0.361. The minimum absolute atomic E-state index is 0.0645. The summed E-state index contributed by atoms with van der Waals surface area (Å²) < 4.78 is 28.0. The predicted octanol–water partition coefficient (Wildman–Crippen LogP) is 2.81. The zero-order chi connectivity index (χ0) is 24.0. The largest absolute Gasteiger partial charge is 0.371 e. The number of hydrogen-bond donors (Lipinski definition) is 1. The molecule has 1 unspecified atom stereocenters. The number of allylic oxidation sites excluding steroid dienone is 1. The summed E-state index contributed by atoms with van der Waals surface area (Å²) in [4.78, 5) is 44.8. The molecule has 1 aromatic carbocycles. The summed E-state index contributed by atoms with van der Waals surface area (Å²) in [6.45, 7) is 6.35. The molecule has 1 saturated heterocycles. The maximum Gasteiger partial charge on any atom is 0.328 e. The van der Waals surface area contributed by atoms with Gasteiger partial charge >= 0.3 is 5.69 Å². The summed E-state index contributed by atoms with van der Waals surface area (Å²) in [6.07, 6.45) is 2.90. The number of rotatable bonds is 5. The third-order valence-electron chi connectivity index (χ3n) is 7.75. The molecular weight excluding hydrogens is 442 g/mol. The number of halogens is 2. The number of benzene rings is 1. The minimum atomic E-state index is -2.62. The fourth-order valence-electron chi connectivity index (χ4n) is 5.48. The van der Waals surface area contributed by atoms with Crippen molar-refractivity contribution in [2.24, 2.45) is 17.8 Å². The van der Waals surface area contributed by atoms with Crippen LogP contribution in [0.1, 0.15) is 32.1 Å². The Labute approximate surface area is 196 Å². The topological polar surface area (TPSA) is 78.4 Å². The highest BCUT2D eigenvalue weighted by molar-refractivity contribution is 5.79. The van der Waals surface area contributed by atoms with Crippen LogP contribution in [0.5, 0.6) is 0 Å². The lowest BCUT2D eigenvalue weighted by molar-refractivity contribution is -0.138. The highest BCUT2D eigenvalue weighted by Gasteiger charge is 2.59. The predicted molar refractivity (Wildman–Crippen MR) is 125 cm³/mol. The van der Waals surface area contributed by atoms with Crippen LogP contribution >= 0.6 is 0 Å². The minimum Gasteiger partial charge on any atom is -0.371 e. The molecule has 5 rings (SSSR count). The van der Waals surface area contributed by atoms with Crippen molar-refractivity contribution in [3.05, 3.63) is 57.4 Å². The Balaban J connectivity index is 1.14. The molecule has 1 aromatic heterocycles. The molecule has 1 N–H and O–H groups in total. The molecule has 2 aliphatic carbocycles. The molecule has 0 spiro atoms. The van der Waals surface area contributed by atoms with Gasteiger partial charge in [-0.3, -0.25) is 14.2 Å². The summed E-state index contributed by atoms with van der Waals surface area (Å²) in [5.74, 6) is -3.13. The number of para-hydroxylation sites is 1. The third-order valence-corrected chi connectivity index (χ3v) is 7.75. The van der Waals surface area contributed by atoms with E-state index in [2.05, 4.69) is 11.6 Å². The van der Waals surface area contributed by atoms with E-state index in [1.807, 2.05) is 9.80 Å². The molecule has 0 bridgehead atoms. The molecule has 0 radical (unpaired) electrons. The van der Waals surface area contributed by atoms with Gasteiger partial charge in [0.15, 0.2) is 0 Å². The maximum absolute atomic E-state index is 13.3. The second-order valence-electron chi connectivity index (χ2n) is 9.93. The Kier molecular flexibility index (Phi) is 5.81. The quantitative estimate of drug-likeness (QED) is 0.726. The summed E-state index contributed by atoms with van der Waals surface area (Å²) in [6, 6.07) is 6.99. The fourth-order valence-corrected chi connectivity index (χ4v) is 5.48. The average molecular weight is 473 g/mol. The summed E-state index contributed by atoms with van der Waals surface area (Å²) in [5, 5.41) is 0.498. The number of aromatic amines is 1. The standard InChI is InChI=1S/C25H30F2N4O3/c1-16(20-14-25(20,26)27)29-10-12-30(13-11-29)22(32)18-8-6-17(7-9-18)15-31-23(33)19-4-2-3-5-21(19)28-24(31)34/h2-5,17-18,20H,1,6-15H2,(H,28,34). The Morgan fingerprint density at radius 2 is 1.65 bits per heavy atom. The van der Waals surface area contributed by atoms with Crippen molar-refractivity contribution in [3.8, 4) is 0 Å². The monoisotopic (exact) mass is 472 g/mol. The normalized spacial score (nSPS) is 26.5. The summed E-state index contributed by atoms with van der Waals surface area (Å²) >= 11 is 0. The van der Waals surface area contributed by atoms with Gasteiger partial charge in [0.05, 0.1) is 16.8 Å².